The van der Waals surface area contributed by atoms with Crippen molar-refractivity contribution in [3.8, 4) is 11.5 Å². The fourth-order valence-electron chi connectivity index (χ4n) is 2.91. The Labute approximate surface area is 166 Å². The topological polar surface area (TPSA) is 59.2 Å². The number of anilines is 1. The van der Waals surface area contributed by atoms with E-state index in [1.54, 1.807) is 0 Å². The van der Waals surface area contributed by atoms with Crippen molar-refractivity contribution in [1.29, 1.82) is 0 Å². The van der Waals surface area contributed by atoms with E-state index in [0.717, 1.165) is 29.1 Å². The van der Waals surface area contributed by atoms with Crippen molar-refractivity contribution in [2.45, 2.75) is 28.7 Å². The minimum Gasteiger partial charge on any atom is -0.411 e. The smallest absolute Gasteiger partial charge is 0.277 e. The average Bonchev–Trinajstić information content (AvgIpc) is 3.10. The lowest BCUT2D eigenvalue weighted by Gasteiger charge is -2.22. The largest absolute Gasteiger partial charge is 0.411 e. The number of carbonyl (C=O) groups excluding carboxylic acids is 1. The van der Waals surface area contributed by atoms with Gasteiger partial charge >= 0.3 is 0 Å². The summed E-state index contributed by atoms with van der Waals surface area (Å²) in [6.45, 7) is 2.93. The van der Waals surface area contributed by atoms with Gasteiger partial charge in [0.1, 0.15) is 0 Å². The van der Waals surface area contributed by atoms with Crippen LogP contribution in [0.4, 0.5) is 5.69 Å². The zero-order chi connectivity index (χ0) is 18.6. The predicted octanol–water partition coefficient (Wildman–Crippen LogP) is 4.75. The Kier molecular flexibility index (Phi) is 5.50. The van der Waals surface area contributed by atoms with E-state index < -0.39 is 0 Å². The summed E-state index contributed by atoms with van der Waals surface area (Å²) < 4.78 is 5.68. The molecule has 0 saturated carbocycles. The summed E-state index contributed by atoms with van der Waals surface area (Å²) in [5, 5.41) is 9.03. The van der Waals surface area contributed by atoms with Crippen LogP contribution in [0.15, 0.2) is 69.1 Å². The summed E-state index contributed by atoms with van der Waals surface area (Å²) >= 11 is 3.11. The highest BCUT2D eigenvalue weighted by Crippen LogP contribution is 2.37. The number of fused-ring (bicyclic) bond motifs is 1. The molecule has 2 heterocycles. The molecule has 3 aromatic rings. The number of hydrogen-bond acceptors (Lipinski definition) is 6. The first kappa shape index (κ1) is 18.1. The van der Waals surface area contributed by atoms with Crippen LogP contribution in [0.25, 0.3) is 11.5 Å². The van der Waals surface area contributed by atoms with Gasteiger partial charge in [-0.15, -0.1) is 22.0 Å². The van der Waals surface area contributed by atoms with E-state index >= 15 is 0 Å². The monoisotopic (exact) mass is 397 g/mol. The normalized spacial score (nSPS) is 16.6. The molecule has 1 atom stereocenters. The molecule has 0 radical (unpaired) electrons. The van der Waals surface area contributed by atoms with Gasteiger partial charge in [-0.1, -0.05) is 49.0 Å². The molecule has 7 heteroatoms. The standard InChI is InChI=1S/C20H19N3O2S2/c1-14-11-12-23(16-9-5-6-10-17(16)27-14)18(24)13-26-20-22-21-19(25-20)15-7-3-2-4-8-15/h2-10,14H,11-13H2,1H3. The maximum absolute atomic E-state index is 12.9. The van der Waals surface area contributed by atoms with E-state index in [0.29, 0.717) is 16.4 Å². The number of carbonyl (C=O) groups is 1. The first-order chi connectivity index (χ1) is 13.2. The van der Waals surface area contributed by atoms with Crippen LogP contribution in [0.1, 0.15) is 13.3 Å². The van der Waals surface area contributed by atoms with Crippen molar-refractivity contribution in [1.82, 2.24) is 10.2 Å². The van der Waals surface area contributed by atoms with E-state index in [1.165, 1.54) is 11.8 Å². The zero-order valence-electron chi connectivity index (χ0n) is 14.9. The van der Waals surface area contributed by atoms with Crippen LogP contribution in [-0.4, -0.2) is 33.7 Å². The molecule has 0 fully saturated rings. The summed E-state index contributed by atoms with van der Waals surface area (Å²) in [6.07, 6.45) is 0.967. The SMILES string of the molecule is CC1CCN(C(=O)CSc2nnc(-c3ccccc3)o2)c2ccccc2S1. The number of benzene rings is 2. The lowest BCUT2D eigenvalue weighted by Crippen LogP contribution is -2.33. The highest BCUT2D eigenvalue weighted by atomic mass is 32.2. The molecule has 4 rings (SSSR count). The lowest BCUT2D eigenvalue weighted by atomic mass is 10.2. The molecule has 1 unspecified atom stereocenters. The van der Waals surface area contributed by atoms with Crippen molar-refractivity contribution in [3.05, 3.63) is 54.6 Å². The molecule has 1 amide bonds. The Hall–Kier alpha value is -2.25. The summed E-state index contributed by atoms with van der Waals surface area (Å²) in [5.41, 5.74) is 1.86. The molecule has 2 aromatic carbocycles. The summed E-state index contributed by atoms with van der Waals surface area (Å²) in [5.74, 6) is 0.793. The second-order valence-corrected chi connectivity index (χ2v) is 8.66. The van der Waals surface area contributed by atoms with E-state index in [9.17, 15) is 4.79 Å². The van der Waals surface area contributed by atoms with Crippen LogP contribution in [0.2, 0.25) is 0 Å². The summed E-state index contributed by atoms with van der Waals surface area (Å²) in [4.78, 5) is 15.9. The van der Waals surface area contributed by atoms with Gasteiger partial charge in [0.25, 0.3) is 5.22 Å². The number of rotatable bonds is 4. The van der Waals surface area contributed by atoms with Crippen molar-refractivity contribution in [2.24, 2.45) is 0 Å². The van der Waals surface area contributed by atoms with E-state index in [4.69, 9.17) is 4.42 Å². The molecule has 0 spiro atoms. The first-order valence-electron chi connectivity index (χ1n) is 8.78. The molecular formula is C20H19N3O2S2. The molecule has 138 valence electrons. The molecule has 1 aromatic heterocycles. The first-order valence-corrected chi connectivity index (χ1v) is 10.6. The predicted molar refractivity (Wildman–Crippen MR) is 109 cm³/mol. The number of hydrogen-bond donors (Lipinski definition) is 0. The van der Waals surface area contributed by atoms with Gasteiger partial charge in [0.2, 0.25) is 11.8 Å². The Morgan fingerprint density at radius 2 is 1.96 bits per heavy atom. The van der Waals surface area contributed by atoms with Gasteiger partial charge in [-0.25, -0.2) is 0 Å². The molecule has 0 aliphatic carbocycles. The van der Waals surface area contributed by atoms with Crippen LogP contribution < -0.4 is 4.90 Å². The Morgan fingerprint density at radius 3 is 2.81 bits per heavy atom. The van der Waals surface area contributed by atoms with Gasteiger partial charge in [0.05, 0.1) is 11.4 Å². The quantitative estimate of drug-likeness (QED) is 0.592. The fourth-order valence-corrected chi connectivity index (χ4v) is 4.66. The number of aromatic nitrogens is 2. The number of para-hydroxylation sites is 1. The molecule has 5 nitrogen and oxygen atoms in total. The minimum absolute atomic E-state index is 0.0570. The van der Waals surface area contributed by atoms with Crippen LogP contribution in [0.5, 0.6) is 0 Å². The maximum atomic E-state index is 12.9. The van der Waals surface area contributed by atoms with Gasteiger partial charge in [-0.2, -0.15) is 0 Å². The molecule has 0 N–H and O–H groups in total. The Bertz CT molecular complexity index is 930. The van der Waals surface area contributed by atoms with Crippen molar-refractivity contribution < 1.29 is 9.21 Å². The molecule has 1 aliphatic rings. The molecule has 27 heavy (non-hydrogen) atoms. The summed E-state index contributed by atoms with van der Waals surface area (Å²) in [7, 11) is 0. The zero-order valence-corrected chi connectivity index (χ0v) is 16.5. The third-order valence-electron chi connectivity index (χ3n) is 4.29. The van der Waals surface area contributed by atoms with Gasteiger partial charge in [0, 0.05) is 22.3 Å². The van der Waals surface area contributed by atoms with Crippen LogP contribution in [0, 0.1) is 0 Å². The molecule has 1 aliphatic heterocycles. The highest BCUT2D eigenvalue weighted by molar-refractivity contribution is 8.00. The molecule has 0 bridgehead atoms. The highest BCUT2D eigenvalue weighted by Gasteiger charge is 2.24. The molecule has 0 saturated heterocycles. The van der Waals surface area contributed by atoms with Crippen molar-refractivity contribution in [2.75, 3.05) is 17.2 Å². The van der Waals surface area contributed by atoms with Gasteiger partial charge in [-0.3, -0.25) is 4.79 Å². The van der Waals surface area contributed by atoms with Gasteiger partial charge < -0.3 is 9.32 Å². The number of thioether (sulfide) groups is 2. The van der Waals surface area contributed by atoms with E-state index in [2.05, 4.69) is 23.2 Å². The van der Waals surface area contributed by atoms with Crippen LogP contribution >= 0.6 is 23.5 Å². The van der Waals surface area contributed by atoms with Crippen LogP contribution in [0.3, 0.4) is 0 Å². The Morgan fingerprint density at radius 1 is 1.19 bits per heavy atom. The fraction of sp³-hybridized carbons (Fsp3) is 0.250. The number of nitrogens with zero attached hydrogens (tertiary/aromatic N) is 3. The minimum atomic E-state index is 0.0570. The van der Waals surface area contributed by atoms with Gasteiger partial charge in [-0.05, 0) is 30.7 Å². The third kappa shape index (κ3) is 4.20. The van der Waals surface area contributed by atoms with Crippen molar-refractivity contribution in [3.63, 3.8) is 0 Å². The van der Waals surface area contributed by atoms with Crippen molar-refractivity contribution >= 4 is 35.1 Å². The van der Waals surface area contributed by atoms with E-state index in [-0.39, 0.29) is 11.7 Å². The maximum Gasteiger partial charge on any atom is 0.277 e. The third-order valence-corrected chi connectivity index (χ3v) is 6.33. The van der Waals surface area contributed by atoms with E-state index in [1.807, 2.05) is 65.2 Å². The summed E-state index contributed by atoms with van der Waals surface area (Å²) in [6, 6.07) is 17.7. The Balaban J connectivity index is 1.45. The second kappa shape index (κ2) is 8.19. The number of amides is 1. The van der Waals surface area contributed by atoms with Gasteiger partial charge in [0.15, 0.2) is 0 Å². The lowest BCUT2D eigenvalue weighted by molar-refractivity contribution is -0.116. The van der Waals surface area contributed by atoms with Crippen LogP contribution in [-0.2, 0) is 4.79 Å². The molecular weight excluding hydrogens is 378 g/mol. The second-order valence-electron chi connectivity index (χ2n) is 6.26. The average molecular weight is 398 g/mol.